The molecule has 0 saturated heterocycles. The van der Waals surface area contributed by atoms with Crippen LogP contribution in [-0.2, 0) is 6.42 Å². The molecule has 0 unspecified atom stereocenters. The number of allylic oxidation sites excluding steroid dienone is 6. The molecule has 5 nitrogen and oxygen atoms in total. The summed E-state index contributed by atoms with van der Waals surface area (Å²) in [6.45, 7) is 16.7. The fraction of sp³-hybridized carbons (Fsp3) is 0.459. The van der Waals surface area contributed by atoms with Gasteiger partial charge in [0.25, 0.3) is 5.91 Å². The van der Waals surface area contributed by atoms with Gasteiger partial charge in [-0.05, 0) is 141 Å². The topological polar surface area (TPSA) is 66.8 Å². The summed E-state index contributed by atoms with van der Waals surface area (Å²) in [5.74, 6) is 0.293. The quantitative estimate of drug-likeness (QED) is 0.273. The highest BCUT2D eigenvalue weighted by molar-refractivity contribution is 6.19. The zero-order valence-electron chi connectivity index (χ0n) is 26.9. The van der Waals surface area contributed by atoms with Gasteiger partial charge in [-0.2, -0.15) is 0 Å². The van der Waals surface area contributed by atoms with Gasteiger partial charge in [0.15, 0.2) is 0 Å². The second-order valence-corrected chi connectivity index (χ2v) is 12.4. The second kappa shape index (κ2) is 14.5. The van der Waals surface area contributed by atoms with Gasteiger partial charge in [0.05, 0.1) is 5.69 Å². The number of imide groups is 1. The Morgan fingerprint density at radius 1 is 0.881 bits per heavy atom. The van der Waals surface area contributed by atoms with Gasteiger partial charge >= 0.3 is 6.09 Å². The highest BCUT2D eigenvalue weighted by atomic mass is 16.5. The molecule has 226 valence electrons. The number of fused-ring (bicyclic) bond motifs is 1. The van der Waals surface area contributed by atoms with Gasteiger partial charge in [-0.25, -0.2) is 9.69 Å². The summed E-state index contributed by atoms with van der Waals surface area (Å²) in [4.78, 5) is 26.6. The lowest BCUT2D eigenvalue weighted by Gasteiger charge is -2.39. The molecule has 42 heavy (non-hydrogen) atoms. The van der Waals surface area contributed by atoms with Crippen LogP contribution in [0.2, 0.25) is 0 Å². The minimum absolute atomic E-state index is 0.303. The SMILES string of the molecule is CC(C)=CCC/C(C)=C/CC/C(C)=C/CC[C@]1(C)CCc2c(C)c(N(C(=O)O)C(=O)c3ccccc3)c(C)c(C)c2O1. The summed E-state index contributed by atoms with van der Waals surface area (Å²) in [7, 11) is 0. The molecular formula is C37H49NO4. The number of amides is 2. The molecule has 3 rings (SSSR count). The smallest absolute Gasteiger partial charge is 0.419 e. The number of hydrogen-bond donors (Lipinski definition) is 1. The van der Waals surface area contributed by atoms with E-state index in [1.165, 1.54) is 16.7 Å². The fourth-order valence-electron chi connectivity index (χ4n) is 5.76. The summed E-state index contributed by atoms with van der Waals surface area (Å²) in [5, 5.41) is 10.1. The standard InChI is InChI=1S/C37H49NO4/c1-25(2)15-12-16-26(3)17-13-18-27(4)19-14-23-37(8)24-22-32-30(7)33(28(5)29(6)34(32)42-37)38(36(40)41)35(39)31-20-10-9-11-21-31/h9-11,15,17,19-21H,12-14,16,18,22-24H2,1-8H3,(H,40,41)/b26-17+,27-19+/t37-/m1/s1. The maximum absolute atomic E-state index is 13.3. The van der Waals surface area contributed by atoms with Crippen LogP contribution in [0.4, 0.5) is 10.5 Å². The number of carbonyl (C=O) groups is 2. The van der Waals surface area contributed by atoms with E-state index in [0.29, 0.717) is 11.3 Å². The molecule has 0 aliphatic carbocycles. The van der Waals surface area contributed by atoms with E-state index >= 15 is 0 Å². The van der Waals surface area contributed by atoms with E-state index in [2.05, 4.69) is 52.8 Å². The summed E-state index contributed by atoms with van der Waals surface area (Å²) in [6, 6.07) is 8.57. The molecule has 2 aromatic carbocycles. The number of benzene rings is 2. The van der Waals surface area contributed by atoms with E-state index in [1.54, 1.807) is 30.3 Å². The number of ether oxygens (including phenoxy) is 1. The molecule has 2 aromatic rings. The monoisotopic (exact) mass is 571 g/mol. The second-order valence-electron chi connectivity index (χ2n) is 12.4. The minimum atomic E-state index is -1.28. The van der Waals surface area contributed by atoms with E-state index < -0.39 is 12.0 Å². The fourth-order valence-corrected chi connectivity index (χ4v) is 5.76. The number of anilines is 1. The molecular weight excluding hydrogens is 522 g/mol. The highest BCUT2D eigenvalue weighted by Crippen LogP contribution is 2.45. The van der Waals surface area contributed by atoms with E-state index in [-0.39, 0.29) is 5.60 Å². The number of carboxylic acid groups (broad SMARTS) is 1. The third-order valence-corrected chi connectivity index (χ3v) is 8.52. The maximum Gasteiger partial charge on any atom is 0.419 e. The van der Waals surface area contributed by atoms with Crippen LogP contribution < -0.4 is 9.64 Å². The highest BCUT2D eigenvalue weighted by Gasteiger charge is 2.36. The number of hydrogen-bond acceptors (Lipinski definition) is 3. The normalized spacial score (nSPS) is 16.9. The van der Waals surface area contributed by atoms with Crippen LogP contribution in [0.1, 0.15) is 112 Å². The van der Waals surface area contributed by atoms with Crippen LogP contribution in [-0.4, -0.2) is 22.7 Å². The van der Waals surface area contributed by atoms with Crippen molar-refractivity contribution in [2.75, 3.05) is 4.90 Å². The van der Waals surface area contributed by atoms with Crippen molar-refractivity contribution < 1.29 is 19.4 Å². The van der Waals surface area contributed by atoms with Crippen molar-refractivity contribution in [3.8, 4) is 5.75 Å². The van der Waals surface area contributed by atoms with Gasteiger partial charge in [-0.1, -0.05) is 53.1 Å². The van der Waals surface area contributed by atoms with Crippen molar-refractivity contribution in [1.29, 1.82) is 0 Å². The van der Waals surface area contributed by atoms with Crippen molar-refractivity contribution in [1.82, 2.24) is 0 Å². The Morgan fingerprint density at radius 2 is 1.48 bits per heavy atom. The Labute approximate surface area is 253 Å². The first-order chi connectivity index (χ1) is 19.8. The van der Waals surface area contributed by atoms with E-state index in [1.807, 2.05) is 20.8 Å². The zero-order chi connectivity index (χ0) is 31.0. The first-order valence-electron chi connectivity index (χ1n) is 15.2. The maximum atomic E-state index is 13.3. The molecule has 0 saturated carbocycles. The minimum Gasteiger partial charge on any atom is -0.487 e. The molecule has 0 bridgehead atoms. The van der Waals surface area contributed by atoms with Crippen LogP contribution in [0.15, 0.2) is 65.3 Å². The molecule has 1 heterocycles. The molecule has 0 spiro atoms. The average molecular weight is 572 g/mol. The van der Waals surface area contributed by atoms with Crippen molar-refractivity contribution in [3.05, 3.63) is 93.1 Å². The van der Waals surface area contributed by atoms with Crippen molar-refractivity contribution in [3.63, 3.8) is 0 Å². The molecule has 2 amide bonds. The lowest BCUT2D eigenvalue weighted by molar-refractivity contribution is 0.0560. The van der Waals surface area contributed by atoms with Crippen LogP contribution in [0.3, 0.4) is 0 Å². The molecule has 1 aliphatic heterocycles. The van der Waals surface area contributed by atoms with Crippen LogP contribution in [0, 0.1) is 20.8 Å². The molecule has 1 aliphatic rings. The first-order valence-corrected chi connectivity index (χ1v) is 15.2. The molecule has 5 heteroatoms. The van der Waals surface area contributed by atoms with Crippen molar-refractivity contribution in [2.24, 2.45) is 0 Å². The van der Waals surface area contributed by atoms with Gasteiger partial charge in [-0.15, -0.1) is 0 Å². The third kappa shape index (κ3) is 8.24. The average Bonchev–Trinajstić information content (AvgIpc) is 2.93. The van der Waals surface area contributed by atoms with E-state index in [4.69, 9.17) is 4.74 Å². The zero-order valence-corrected chi connectivity index (χ0v) is 26.9. The van der Waals surface area contributed by atoms with Gasteiger partial charge in [0.1, 0.15) is 11.4 Å². The van der Waals surface area contributed by atoms with Gasteiger partial charge < -0.3 is 9.84 Å². The van der Waals surface area contributed by atoms with Gasteiger partial charge in [0, 0.05) is 5.56 Å². The third-order valence-electron chi connectivity index (χ3n) is 8.52. The Bertz CT molecular complexity index is 1380. The van der Waals surface area contributed by atoms with Crippen molar-refractivity contribution in [2.45, 2.75) is 112 Å². The van der Waals surface area contributed by atoms with E-state index in [9.17, 15) is 14.7 Å². The Morgan fingerprint density at radius 3 is 2.07 bits per heavy atom. The molecule has 1 atom stereocenters. The molecule has 1 N–H and O–H groups in total. The largest absolute Gasteiger partial charge is 0.487 e. The molecule has 0 radical (unpaired) electrons. The van der Waals surface area contributed by atoms with Gasteiger partial charge in [-0.3, -0.25) is 4.79 Å². The first kappa shape index (κ1) is 32.9. The summed E-state index contributed by atoms with van der Waals surface area (Å²) in [6.07, 6.45) is 13.6. The van der Waals surface area contributed by atoms with E-state index in [0.717, 1.165) is 84.3 Å². The molecule has 0 fully saturated rings. The predicted molar refractivity (Wildman–Crippen MR) is 174 cm³/mol. The molecule has 0 aromatic heterocycles. The summed E-state index contributed by atoms with van der Waals surface area (Å²) in [5.41, 5.74) is 8.16. The van der Waals surface area contributed by atoms with Crippen LogP contribution in [0.25, 0.3) is 0 Å². The Balaban J connectivity index is 1.71. The summed E-state index contributed by atoms with van der Waals surface area (Å²) >= 11 is 0. The van der Waals surface area contributed by atoms with Crippen LogP contribution in [0.5, 0.6) is 5.75 Å². The predicted octanol–water partition coefficient (Wildman–Crippen LogP) is 10.2. The van der Waals surface area contributed by atoms with Crippen molar-refractivity contribution >= 4 is 17.7 Å². The number of rotatable bonds is 11. The lowest BCUT2D eigenvalue weighted by Crippen LogP contribution is -2.39. The lowest BCUT2D eigenvalue weighted by atomic mass is 9.84. The number of carbonyl (C=O) groups excluding carboxylic acids is 1. The number of nitrogens with zero attached hydrogens (tertiary/aromatic N) is 1. The summed E-state index contributed by atoms with van der Waals surface area (Å²) < 4.78 is 6.71. The Hall–Kier alpha value is -3.60. The van der Waals surface area contributed by atoms with Gasteiger partial charge in [0.2, 0.25) is 0 Å². The Kier molecular flexibility index (Phi) is 11.4. The van der Waals surface area contributed by atoms with Crippen LogP contribution >= 0.6 is 0 Å².